The number of nitrogens with two attached hydrogens (primary N) is 1. The van der Waals surface area contributed by atoms with E-state index in [0.717, 1.165) is 25.8 Å². The topological polar surface area (TPSA) is 66.0 Å². The molecule has 86 valence electrons. The number of hydrogen-bond acceptors (Lipinski definition) is 5. The first-order chi connectivity index (χ1) is 7.84. The second-order valence-electron chi connectivity index (χ2n) is 4.57. The first-order valence-corrected chi connectivity index (χ1v) is 5.89. The van der Waals surface area contributed by atoms with Gasteiger partial charge < -0.3 is 5.32 Å². The molecule has 2 heterocycles. The summed E-state index contributed by atoms with van der Waals surface area (Å²) in [5.74, 6) is 5.94. The van der Waals surface area contributed by atoms with Gasteiger partial charge in [0, 0.05) is 12.2 Å². The van der Waals surface area contributed by atoms with E-state index in [0.29, 0.717) is 0 Å². The highest BCUT2D eigenvalue weighted by Crippen LogP contribution is 2.25. The third-order valence-corrected chi connectivity index (χ3v) is 3.48. The number of nitrogens with zero attached hydrogens (tertiary/aromatic N) is 3. The van der Waals surface area contributed by atoms with Crippen molar-refractivity contribution in [3.05, 3.63) is 23.9 Å². The van der Waals surface area contributed by atoms with Crippen LogP contribution in [0.25, 0.3) is 0 Å². The Hall–Kier alpha value is -1.20. The Morgan fingerprint density at radius 1 is 1.44 bits per heavy atom. The van der Waals surface area contributed by atoms with Crippen LogP contribution in [0.2, 0.25) is 0 Å². The number of allylic oxidation sites excluding steroid dienone is 2. The minimum absolute atomic E-state index is 0.0292. The minimum Gasteiger partial charge on any atom is -0.363 e. The van der Waals surface area contributed by atoms with Crippen LogP contribution in [0.5, 0.6) is 0 Å². The normalized spacial score (nSPS) is 38.1. The molecule has 0 bridgehead atoms. The van der Waals surface area contributed by atoms with Crippen LogP contribution in [-0.2, 0) is 0 Å². The smallest absolute Gasteiger partial charge is 0.156 e. The lowest BCUT2D eigenvalue weighted by Crippen LogP contribution is -2.51. The summed E-state index contributed by atoms with van der Waals surface area (Å²) in [6.07, 6.45) is 9.52. The quantitative estimate of drug-likeness (QED) is 0.644. The maximum Gasteiger partial charge on any atom is 0.156 e. The number of fused-ring (bicyclic) bond motifs is 1. The Morgan fingerprint density at radius 3 is 3.19 bits per heavy atom. The van der Waals surface area contributed by atoms with E-state index in [-0.39, 0.29) is 18.2 Å². The predicted molar refractivity (Wildman–Crippen MR) is 61.3 cm³/mol. The summed E-state index contributed by atoms with van der Waals surface area (Å²) < 4.78 is 0. The number of hydrazine groups is 1. The van der Waals surface area contributed by atoms with Crippen LogP contribution in [0.3, 0.4) is 0 Å². The van der Waals surface area contributed by atoms with Gasteiger partial charge in [-0.1, -0.05) is 12.2 Å². The second-order valence-corrected chi connectivity index (χ2v) is 4.57. The fourth-order valence-electron chi connectivity index (χ4n) is 2.55. The van der Waals surface area contributed by atoms with E-state index in [1.807, 2.05) is 5.01 Å². The van der Waals surface area contributed by atoms with Gasteiger partial charge in [0.2, 0.25) is 0 Å². The fraction of sp³-hybridized carbons (Fsp3) is 0.636. The zero-order valence-electron chi connectivity index (χ0n) is 9.21. The molecule has 0 spiro atoms. The maximum absolute atomic E-state index is 5.94. The first kappa shape index (κ1) is 9.99. The molecule has 3 N–H and O–H groups in total. The molecule has 0 aromatic heterocycles. The Morgan fingerprint density at radius 2 is 2.38 bits per heavy atom. The average molecular weight is 219 g/mol. The van der Waals surface area contributed by atoms with Gasteiger partial charge in [0.15, 0.2) is 6.17 Å². The van der Waals surface area contributed by atoms with E-state index in [4.69, 9.17) is 5.84 Å². The molecule has 0 aromatic rings. The molecule has 5 nitrogen and oxygen atoms in total. The van der Waals surface area contributed by atoms with Gasteiger partial charge in [-0.25, -0.2) is 5.01 Å². The summed E-state index contributed by atoms with van der Waals surface area (Å²) in [6, 6.07) is 0.491. The van der Waals surface area contributed by atoms with Gasteiger partial charge in [0.25, 0.3) is 0 Å². The summed E-state index contributed by atoms with van der Waals surface area (Å²) in [4.78, 5) is 0. The van der Waals surface area contributed by atoms with Crippen molar-refractivity contribution >= 4 is 0 Å². The van der Waals surface area contributed by atoms with E-state index in [9.17, 15) is 0 Å². The molecule has 5 heteroatoms. The highest BCUT2D eigenvalue weighted by molar-refractivity contribution is 5.24. The van der Waals surface area contributed by atoms with Crippen molar-refractivity contribution in [2.75, 3.05) is 6.54 Å². The Balaban J connectivity index is 1.77. The molecule has 3 rings (SSSR count). The van der Waals surface area contributed by atoms with Crippen molar-refractivity contribution in [2.24, 2.45) is 16.1 Å². The average Bonchev–Trinajstić information content (AvgIpc) is 2.75. The lowest BCUT2D eigenvalue weighted by atomic mass is 10.0. The molecule has 0 aromatic carbocycles. The second kappa shape index (κ2) is 3.99. The third-order valence-electron chi connectivity index (χ3n) is 3.48. The van der Waals surface area contributed by atoms with Crippen molar-refractivity contribution in [3.63, 3.8) is 0 Å². The Kier molecular flexibility index (Phi) is 2.49. The zero-order valence-corrected chi connectivity index (χ0v) is 9.21. The SMILES string of the molecule is NN1CCC[C@H]1C1N=NC2CC=CC=C2N1. The van der Waals surface area contributed by atoms with Gasteiger partial charge in [-0.05, 0) is 25.3 Å². The van der Waals surface area contributed by atoms with Crippen LogP contribution >= 0.6 is 0 Å². The number of rotatable bonds is 1. The van der Waals surface area contributed by atoms with Crippen LogP contribution in [0, 0.1) is 0 Å². The lowest BCUT2D eigenvalue weighted by molar-refractivity contribution is 0.206. The first-order valence-electron chi connectivity index (χ1n) is 5.89. The summed E-state index contributed by atoms with van der Waals surface area (Å²) in [5, 5.41) is 14.1. The molecule has 3 atom stereocenters. The van der Waals surface area contributed by atoms with Gasteiger partial charge in [0.05, 0.1) is 6.04 Å². The molecule has 1 fully saturated rings. The van der Waals surface area contributed by atoms with E-state index >= 15 is 0 Å². The van der Waals surface area contributed by atoms with Gasteiger partial charge >= 0.3 is 0 Å². The molecular formula is C11H17N5. The maximum atomic E-state index is 5.94. The van der Waals surface area contributed by atoms with Gasteiger partial charge in [-0.15, -0.1) is 0 Å². The van der Waals surface area contributed by atoms with Crippen LogP contribution in [0.4, 0.5) is 0 Å². The molecule has 1 saturated heterocycles. The van der Waals surface area contributed by atoms with Crippen molar-refractivity contribution in [2.45, 2.75) is 37.5 Å². The largest absolute Gasteiger partial charge is 0.363 e. The monoisotopic (exact) mass is 219 g/mol. The van der Waals surface area contributed by atoms with E-state index in [1.54, 1.807) is 0 Å². The summed E-state index contributed by atoms with van der Waals surface area (Å²) in [5.41, 5.74) is 1.18. The molecule has 2 unspecified atom stereocenters. The summed E-state index contributed by atoms with van der Waals surface area (Å²) >= 11 is 0. The van der Waals surface area contributed by atoms with Gasteiger partial charge in [0.1, 0.15) is 6.04 Å². The van der Waals surface area contributed by atoms with Crippen LogP contribution < -0.4 is 11.2 Å². The molecule has 2 aliphatic heterocycles. The molecule has 0 amide bonds. The number of hydrogen-bond donors (Lipinski definition) is 2. The van der Waals surface area contributed by atoms with Crippen LogP contribution in [0.15, 0.2) is 34.2 Å². The minimum atomic E-state index is 0.0292. The van der Waals surface area contributed by atoms with Crippen LogP contribution in [-0.4, -0.2) is 29.8 Å². The molecule has 0 saturated carbocycles. The number of azo groups is 1. The van der Waals surface area contributed by atoms with Crippen molar-refractivity contribution in [1.29, 1.82) is 0 Å². The van der Waals surface area contributed by atoms with Crippen LogP contribution in [0.1, 0.15) is 19.3 Å². The highest BCUT2D eigenvalue weighted by atomic mass is 15.5. The fourth-order valence-corrected chi connectivity index (χ4v) is 2.55. The molecular weight excluding hydrogens is 202 g/mol. The molecule has 3 aliphatic rings. The summed E-state index contributed by atoms with van der Waals surface area (Å²) in [7, 11) is 0. The van der Waals surface area contributed by atoms with E-state index in [2.05, 4.69) is 33.8 Å². The van der Waals surface area contributed by atoms with E-state index in [1.165, 1.54) is 5.70 Å². The van der Waals surface area contributed by atoms with E-state index < -0.39 is 0 Å². The predicted octanol–water partition coefficient (Wildman–Crippen LogP) is 0.918. The van der Waals surface area contributed by atoms with Crippen molar-refractivity contribution < 1.29 is 0 Å². The Bertz CT molecular complexity index is 359. The molecule has 1 aliphatic carbocycles. The number of nitrogens with one attached hydrogen (secondary N) is 1. The zero-order chi connectivity index (χ0) is 11.0. The third kappa shape index (κ3) is 1.66. The Labute approximate surface area is 95.1 Å². The molecule has 0 radical (unpaired) electrons. The highest BCUT2D eigenvalue weighted by Gasteiger charge is 2.33. The molecule has 16 heavy (non-hydrogen) atoms. The van der Waals surface area contributed by atoms with Gasteiger partial charge in [-0.2, -0.15) is 10.2 Å². The van der Waals surface area contributed by atoms with Crippen molar-refractivity contribution in [1.82, 2.24) is 10.3 Å². The summed E-state index contributed by atoms with van der Waals surface area (Å²) in [6.45, 7) is 0.959. The van der Waals surface area contributed by atoms with Gasteiger partial charge in [-0.3, -0.25) is 5.84 Å². The standard InChI is InChI=1S/C11H17N5/c12-16-7-3-6-10(16)11-13-8-4-1-2-5-9(8)14-15-11/h1-2,4,9-11,13H,3,5-7,12H2/t9?,10-,11?/m0/s1. The van der Waals surface area contributed by atoms with Crippen molar-refractivity contribution in [3.8, 4) is 0 Å². The lowest BCUT2D eigenvalue weighted by Gasteiger charge is -2.32.